The van der Waals surface area contributed by atoms with Crippen molar-refractivity contribution in [1.82, 2.24) is 29.8 Å². The van der Waals surface area contributed by atoms with Crippen molar-refractivity contribution in [1.29, 1.82) is 0 Å². The number of anilines is 1. The minimum atomic E-state index is -0.447. The minimum absolute atomic E-state index is 0.279. The van der Waals surface area contributed by atoms with Crippen molar-refractivity contribution in [3.8, 4) is 0 Å². The van der Waals surface area contributed by atoms with Gasteiger partial charge in [-0.15, -0.1) is 11.3 Å². The fraction of sp³-hybridized carbons (Fsp3) is 0.222. The third-order valence-corrected chi connectivity index (χ3v) is 7.89. The van der Waals surface area contributed by atoms with Crippen molar-refractivity contribution in [3.05, 3.63) is 70.9 Å². The zero-order valence-electron chi connectivity index (χ0n) is 20.3. The number of carbonyl (C=O) groups excluding carboxylic acids is 2. The van der Waals surface area contributed by atoms with Crippen LogP contribution in [0.2, 0.25) is 0 Å². The highest BCUT2D eigenvalue weighted by Crippen LogP contribution is 2.38. The van der Waals surface area contributed by atoms with Gasteiger partial charge in [-0.2, -0.15) is 0 Å². The molecule has 184 valence electrons. The molecule has 1 aromatic carbocycles. The number of thiophene rings is 1. The number of imidazole rings is 1. The number of hydrogen-bond donors (Lipinski definition) is 2. The second kappa shape index (κ2) is 8.10. The van der Waals surface area contributed by atoms with Gasteiger partial charge < -0.3 is 14.5 Å². The summed E-state index contributed by atoms with van der Waals surface area (Å²) in [5.41, 5.74) is 3.60. The maximum Gasteiger partial charge on any atom is 0.261 e. The Morgan fingerprint density at radius 3 is 2.70 bits per heavy atom. The first-order valence-electron chi connectivity index (χ1n) is 12.2. The lowest BCUT2D eigenvalue weighted by atomic mass is 9.97. The van der Waals surface area contributed by atoms with Crippen LogP contribution in [0.25, 0.3) is 32.3 Å². The molecule has 9 nitrogen and oxygen atoms in total. The molecule has 0 fully saturated rings. The van der Waals surface area contributed by atoms with Gasteiger partial charge >= 0.3 is 0 Å². The lowest BCUT2D eigenvalue weighted by molar-refractivity contribution is -0.122. The number of amides is 2. The quantitative estimate of drug-likeness (QED) is 0.354. The van der Waals surface area contributed by atoms with E-state index in [1.165, 1.54) is 0 Å². The molecule has 0 unspecified atom stereocenters. The van der Waals surface area contributed by atoms with Crippen LogP contribution < -0.4 is 10.2 Å². The molecule has 2 N–H and O–H groups in total. The van der Waals surface area contributed by atoms with Crippen molar-refractivity contribution < 1.29 is 9.59 Å². The van der Waals surface area contributed by atoms with Crippen molar-refractivity contribution in [3.63, 3.8) is 0 Å². The van der Waals surface area contributed by atoms with Crippen LogP contribution in [0.5, 0.6) is 0 Å². The van der Waals surface area contributed by atoms with E-state index in [9.17, 15) is 9.59 Å². The number of nitrogens with one attached hydrogen (secondary N) is 2. The van der Waals surface area contributed by atoms with Gasteiger partial charge in [-0.1, -0.05) is 32.0 Å². The Kier molecular flexibility index (Phi) is 4.80. The fourth-order valence-corrected chi connectivity index (χ4v) is 6.10. The third kappa shape index (κ3) is 3.32. The second-order valence-corrected chi connectivity index (χ2v) is 10.5. The Balaban J connectivity index is 1.41. The van der Waals surface area contributed by atoms with E-state index in [0.717, 1.165) is 39.2 Å². The molecule has 0 spiro atoms. The van der Waals surface area contributed by atoms with Gasteiger partial charge in [-0.25, -0.2) is 15.0 Å². The van der Waals surface area contributed by atoms with E-state index in [1.54, 1.807) is 17.5 Å². The number of fused-ring (bicyclic) bond motifs is 3. The summed E-state index contributed by atoms with van der Waals surface area (Å²) >= 11 is 1.55. The van der Waals surface area contributed by atoms with E-state index < -0.39 is 11.8 Å². The lowest BCUT2D eigenvalue weighted by Gasteiger charge is -2.30. The first-order valence-corrected chi connectivity index (χ1v) is 13.1. The topological polar surface area (TPSA) is 109 Å². The van der Waals surface area contributed by atoms with Crippen molar-refractivity contribution in [2.75, 3.05) is 11.4 Å². The van der Waals surface area contributed by atoms with Crippen molar-refractivity contribution >= 4 is 61.4 Å². The van der Waals surface area contributed by atoms with Crippen LogP contribution >= 0.6 is 11.3 Å². The van der Waals surface area contributed by atoms with E-state index in [0.29, 0.717) is 41.8 Å². The van der Waals surface area contributed by atoms with Gasteiger partial charge in [0.2, 0.25) is 5.95 Å². The van der Waals surface area contributed by atoms with Crippen LogP contribution in [0, 0.1) is 0 Å². The maximum atomic E-state index is 13.2. The Morgan fingerprint density at radius 2 is 1.84 bits per heavy atom. The first-order chi connectivity index (χ1) is 18.0. The van der Waals surface area contributed by atoms with E-state index in [1.807, 2.05) is 41.9 Å². The van der Waals surface area contributed by atoms with Gasteiger partial charge in [0, 0.05) is 41.5 Å². The minimum Gasteiger partial charge on any atom is -0.352 e. The number of H-pyrrole nitrogens is 1. The smallest absolute Gasteiger partial charge is 0.261 e. The van der Waals surface area contributed by atoms with Crippen LogP contribution in [0.15, 0.2) is 48.1 Å². The summed E-state index contributed by atoms with van der Waals surface area (Å²) in [7, 11) is 0. The number of hydrogen-bond acceptors (Lipinski definition) is 7. The summed E-state index contributed by atoms with van der Waals surface area (Å²) in [6, 6.07) is 9.58. The summed E-state index contributed by atoms with van der Waals surface area (Å²) in [5.74, 6) is 1.09. The summed E-state index contributed by atoms with van der Waals surface area (Å²) in [6.07, 6.45) is 3.71. The molecule has 0 bridgehead atoms. The van der Waals surface area contributed by atoms with E-state index in [-0.39, 0.29) is 5.57 Å². The second-order valence-electron chi connectivity index (χ2n) is 9.62. The molecule has 2 aliphatic rings. The Hall–Kier alpha value is -4.31. The molecule has 5 aromatic rings. The van der Waals surface area contributed by atoms with E-state index >= 15 is 0 Å². The summed E-state index contributed by atoms with van der Waals surface area (Å²) < 4.78 is 2.27. The standard InChI is InChI=1S/C27H23N7O2S/c1-14(2)23-28-11-15-13-33(8-9-34(15)23)27-30-19-6-4-3-5-17(19)22(31-27)21-20(24(35)32-25(21)36)18-12-29-26-16(18)7-10-37-26/h3-7,10-12,14,29H,8-9,13H2,1-2H3,(H,32,35,36). The zero-order valence-corrected chi connectivity index (χ0v) is 21.1. The van der Waals surface area contributed by atoms with Gasteiger partial charge in [-0.3, -0.25) is 14.9 Å². The van der Waals surface area contributed by atoms with Gasteiger partial charge in [-0.05, 0) is 17.5 Å². The predicted molar refractivity (Wildman–Crippen MR) is 143 cm³/mol. The monoisotopic (exact) mass is 509 g/mol. The molecular weight excluding hydrogens is 486 g/mol. The normalized spacial score (nSPS) is 15.9. The molecule has 37 heavy (non-hydrogen) atoms. The van der Waals surface area contributed by atoms with Crippen LogP contribution in [-0.2, 0) is 22.7 Å². The van der Waals surface area contributed by atoms with Crippen molar-refractivity contribution in [2.45, 2.75) is 32.9 Å². The molecule has 2 aliphatic heterocycles. The molecule has 0 saturated carbocycles. The summed E-state index contributed by atoms with van der Waals surface area (Å²) in [6.45, 7) is 6.40. The molecule has 4 aromatic heterocycles. The number of carbonyl (C=O) groups is 2. The van der Waals surface area contributed by atoms with Crippen LogP contribution in [0.3, 0.4) is 0 Å². The van der Waals surface area contributed by atoms with Crippen LogP contribution in [0.1, 0.15) is 42.5 Å². The molecule has 0 aliphatic carbocycles. The molecule has 0 atom stereocenters. The van der Waals surface area contributed by atoms with E-state index in [2.05, 4.69) is 38.6 Å². The number of para-hydroxylation sites is 1. The molecular formula is C27H23N7O2S. The van der Waals surface area contributed by atoms with Gasteiger partial charge in [0.25, 0.3) is 11.8 Å². The molecule has 2 amide bonds. The molecule has 6 heterocycles. The lowest BCUT2D eigenvalue weighted by Crippen LogP contribution is -2.35. The Labute approximate surface area is 215 Å². The number of imide groups is 1. The van der Waals surface area contributed by atoms with Gasteiger partial charge in [0.05, 0.1) is 40.8 Å². The molecule has 10 heteroatoms. The predicted octanol–water partition coefficient (Wildman–Crippen LogP) is 4.08. The molecule has 0 saturated heterocycles. The first kappa shape index (κ1) is 21.9. The third-order valence-electron chi connectivity index (χ3n) is 7.05. The average molecular weight is 510 g/mol. The average Bonchev–Trinajstić information content (AvgIpc) is 3.66. The SMILES string of the molecule is CC(C)c1ncc2n1CCN(c1nc(C3=C(c4c[nH]c5sccc45)C(=O)NC3=O)c3ccccc3n1)C2. The number of benzene rings is 1. The highest BCUT2D eigenvalue weighted by atomic mass is 32.1. The number of aromatic nitrogens is 5. The van der Waals surface area contributed by atoms with Gasteiger partial charge in [0.15, 0.2) is 0 Å². The zero-order chi connectivity index (χ0) is 25.3. The van der Waals surface area contributed by atoms with E-state index in [4.69, 9.17) is 9.97 Å². The number of rotatable bonds is 4. The van der Waals surface area contributed by atoms with Gasteiger partial charge in [0.1, 0.15) is 10.7 Å². The maximum absolute atomic E-state index is 13.2. The number of aromatic amines is 1. The largest absolute Gasteiger partial charge is 0.352 e. The highest BCUT2D eigenvalue weighted by molar-refractivity contribution is 7.16. The number of nitrogens with zero attached hydrogens (tertiary/aromatic N) is 5. The molecule has 7 rings (SSSR count). The highest BCUT2D eigenvalue weighted by Gasteiger charge is 2.36. The fourth-order valence-electron chi connectivity index (χ4n) is 5.33. The van der Waals surface area contributed by atoms with Crippen LogP contribution in [-0.4, -0.2) is 42.9 Å². The summed E-state index contributed by atoms with van der Waals surface area (Å²) in [5, 5.41) is 6.10. The Morgan fingerprint density at radius 1 is 1.00 bits per heavy atom. The Bertz CT molecular complexity index is 1770. The van der Waals surface area contributed by atoms with Crippen LogP contribution in [0.4, 0.5) is 5.95 Å². The summed E-state index contributed by atoms with van der Waals surface area (Å²) in [4.78, 5) is 47.0. The molecule has 0 radical (unpaired) electrons. The van der Waals surface area contributed by atoms with Crippen molar-refractivity contribution in [2.24, 2.45) is 0 Å².